The molecule has 2 rings (SSSR count). The number of benzene rings is 1. The molecule has 0 bridgehead atoms. The fraction of sp³-hybridized carbons (Fsp3) is 0.353. The molecule has 0 saturated carbocycles. The van der Waals surface area contributed by atoms with E-state index in [1.54, 1.807) is 18.5 Å². The molecule has 0 saturated heterocycles. The fourth-order valence-corrected chi connectivity index (χ4v) is 2.28. The van der Waals surface area contributed by atoms with Crippen molar-refractivity contribution in [2.24, 2.45) is 0 Å². The number of hydrogen-bond acceptors (Lipinski definition) is 2. The van der Waals surface area contributed by atoms with Gasteiger partial charge in [0.1, 0.15) is 5.82 Å². The first-order chi connectivity index (χ1) is 9.70. The Kier molecular flexibility index (Phi) is 5.24. The van der Waals surface area contributed by atoms with E-state index >= 15 is 0 Å². The van der Waals surface area contributed by atoms with Crippen LogP contribution in [0.4, 0.5) is 4.39 Å². The molecule has 2 nitrogen and oxygen atoms in total. The maximum Gasteiger partial charge on any atom is 0.128 e. The summed E-state index contributed by atoms with van der Waals surface area (Å²) < 4.78 is 14.2. The van der Waals surface area contributed by atoms with Crippen LogP contribution in [0.15, 0.2) is 42.7 Å². The zero-order valence-corrected chi connectivity index (χ0v) is 12.1. The zero-order chi connectivity index (χ0) is 14.4. The highest BCUT2D eigenvalue weighted by molar-refractivity contribution is 5.28. The van der Waals surface area contributed by atoms with E-state index in [1.165, 1.54) is 0 Å². The minimum absolute atomic E-state index is 0.00190. The largest absolute Gasteiger partial charge is 0.310 e. The van der Waals surface area contributed by atoms with E-state index in [-0.39, 0.29) is 11.9 Å². The third-order valence-electron chi connectivity index (χ3n) is 3.36. The van der Waals surface area contributed by atoms with Crippen LogP contribution in [-0.2, 0) is 6.42 Å². The van der Waals surface area contributed by atoms with Gasteiger partial charge < -0.3 is 5.32 Å². The molecule has 0 aliphatic carbocycles. The summed E-state index contributed by atoms with van der Waals surface area (Å²) in [6.07, 6.45) is 5.35. The number of halogens is 1. The lowest BCUT2D eigenvalue weighted by atomic mass is 9.98. The van der Waals surface area contributed by atoms with Crippen LogP contribution in [0.1, 0.15) is 36.1 Å². The zero-order valence-electron chi connectivity index (χ0n) is 12.1. The van der Waals surface area contributed by atoms with E-state index in [9.17, 15) is 4.39 Å². The maximum absolute atomic E-state index is 14.2. The van der Waals surface area contributed by atoms with Crippen molar-refractivity contribution >= 4 is 0 Å². The van der Waals surface area contributed by atoms with Crippen LogP contribution < -0.4 is 5.32 Å². The van der Waals surface area contributed by atoms with Crippen molar-refractivity contribution in [1.29, 1.82) is 0 Å². The Hall–Kier alpha value is -1.74. The maximum atomic E-state index is 14.2. The predicted octanol–water partition coefficient (Wildman–Crippen LogP) is 3.81. The summed E-state index contributed by atoms with van der Waals surface area (Å²) in [5.41, 5.74) is 2.85. The normalized spacial score (nSPS) is 12.3. The van der Waals surface area contributed by atoms with Crippen LogP contribution in [0.3, 0.4) is 0 Å². The second kappa shape index (κ2) is 7.15. The highest BCUT2D eigenvalue weighted by Gasteiger charge is 2.15. The van der Waals surface area contributed by atoms with Crippen molar-refractivity contribution in [2.75, 3.05) is 6.54 Å². The molecule has 1 heterocycles. The first kappa shape index (κ1) is 14.7. The quantitative estimate of drug-likeness (QED) is 0.865. The van der Waals surface area contributed by atoms with E-state index in [0.717, 1.165) is 36.1 Å². The predicted molar refractivity (Wildman–Crippen MR) is 80.1 cm³/mol. The van der Waals surface area contributed by atoms with Crippen molar-refractivity contribution in [3.63, 3.8) is 0 Å². The number of nitrogens with one attached hydrogen (secondary N) is 1. The van der Waals surface area contributed by atoms with E-state index in [4.69, 9.17) is 0 Å². The summed E-state index contributed by atoms with van der Waals surface area (Å²) >= 11 is 0. The van der Waals surface area contributed by atoms with Crippen LogP contribution in [0.25, 0.3) is 0 Å². The lowest BCUT2D eigenvalue weighted by Gasteiger charge is -2.20. The molecule has 0 aliphatic rings. The van der Waals surface area contributed by atoms with Gasteiger partial charge in [0.25, 0.3) is 0 Å². The van der Waals surface area contributed by atoms with Gasteiger partial charge in [-0.1, -0.05) is 19.1 Å². The van der Waals surface area contributed by atoms with Crippen molar-refractivity contribution in [1.82, 2.24) is 10.3 Å². The van der Waals surface area contributed by atoms with Crippen molar-refractivity contribution in [3.05, 3.63) is 65.2 Å². The highest BCUT2D eigenvalue weighted by Crippen LogP contribution is 2.22. The molecule has 1 atom stereocenters. The molecule has 0 aliphatic heterocycles. The second-order valence-electron chi connectivity index (χ2n) is 5.09. The SMILES string of the molecule is CCCNC(Cc1ccncc1)c1ccc(C)cc1F. The molecule has 1 aromatic carbocycles. The Morgan fingerprint density at radius 1 is 1.20 bits per heavy atom. The van der Waals surface area contributed by atoms with Crippen LogP contribution in [0.5, 0.6) is 0 Å². The summed E-state index contributed by atoms with van der Waals surface area (Å²) in [6, 6.07) is 9.41. The minimum atomic E-state index is -0.132. The van der Waals surface area contributed by atoms with Gasteiger partial charge in [-0.25, -0.2) is 4.39 Å². The summed E-state index contributed by atoms with van der Waals surface area (Å²) in [4.78, 5) is 4.02. The van der Waals surface area contributed by atoms with E-state index in [2.05, 4.69) is 17.2 Å². The van der Waals surface area contributed by atoms with Gasteiger partial charge in [0.2, 0.25) is 0 Å². The molecule has 0 amide bonds. The topological polar surface area (TPSA) is 24.9 Å². The van der Waals surface area contributed by atoms with Gasteiger partial charge in [0.15, 0.2) is 0 Å². The highest BCUT2D eigenvalue weighted by atomic mass is 19.1. The van der Waals surface area contributed by atoms with E-state index < -0.39 is 0 Å². The molecule has 0 fully saturated rings. The molecule has 20 heavy (non-hydrogen) atoms. The molecule has 0 spiro atoms. The molecule has 106 valence electrons. The van der Waals surface area contributed by atoms with Crippen molar-refractivity contribution < 1.29 is 4.39 Å². The molecule has 1 aromatic heterocycles. The lowest BCUT2D eigenvalue weighted by Crippen LogP contribution is -2.25. The summed E-state index contributed by atoms with van der Waals surface area (Å²) in [6.45, 7) is 4.90. The number of pyridine rings is 1. The van der Waals surface area contributed by atoms with E-state index in [0.29, 0.717) is 0 Å². The minimum Gasteiger partial charge on any atom is -0.310 e. The average Bonchev–Trinajstić information content (AvgIpc) is 2.45. The standard InChI is InChI=1S/C17H21FN2/c1-3-8-20-17(12-14-6-9-19-10-7-14)15-5-4-13(2)11-16(15)18/h4-7,9-11,17,20H,3,8,12H2,1-2H3. The first-order valence-corrected chi connectivity index (χ1v) is 7.09. The number of aromatic nitrogens is 1. The van der Waals surface area contributed by atoms with Crippen LogP contribution >= 0.6 is 0 Å². The molecule has 3 heteroatoms. The van der Waals surface area contributed by atoms with Crippen LogP contribution in [-0.4, -0.2) is 11.5 Å². The smallest absolute Gasteiger partial charge is 0.128 e. The second-order valence-corrected chi connectivity index (χ2v) is 5.09. The Morgan fingerprint density at radius 3 is 2.60 bits per heavy atom. The Labute approximate surface area is 120 Å². The van der Waals surface area contributed by atoms with Crippen LogP contribution in [0, 0.1) is 12.7 Å². The third-order valence-corrected chi connectivity index (χ3v) is 3.36. The van der Waals surface area contributed by atoms with Crippen molar-refractivity contribution in [2.45, 2.75) is 32.7 Å². The number of nitrogens with zero attached hydrogens (tertiary/aromatic N) is 1. The van der Waals surface area contributed by atoms with Gasteiger partial charge in [-0.2, -0.15) is 0 Å². The van der Waals surface area contributed by atoms with Gasteiger partial charge in [-0.15, -0.1) is 0 Å². The Balaban J connectivity index is 2.22. The number of aryl methyl sites for hydroxylation is 1. The molecule has 0 radical (unpaired) electrons. The fourth-order valence-electron chi connectivity index (χ4n) is 2.28. The molecular weight excluding hydrogens is 251 g/mol. The summed E-state index contributed by atoms with van der Waals surface area (Å²) in [5, 5.41) is 3.43. The monoisotopic (exact) mass is 272 g/mol. The van der Waals surface area contributed by atoms with Crippen molar-refractivity contribution in [3.8, 4) is 0 Å². The molecule has 2 aromatic rings. The Morgan fingerprint density at radius 2 is 1.95 bits per heavy atom. The number of hydrogen-bond donors (Lipinski definition) is 1. The first-order valence-electron chi connectivity index (χ1n) is 7.09. The molecule has 1 N–H and O–H groups in total. The number of rotatable bonds is 6. The van der Waals surface area contributed by atoms with Gasteiger partial charge in [-0.05, 0) is 55.6 Å². The molecule has 1 unspecified atom stereocenters. The van der Waals surface area contributed by atoms with Gasteiger partial charge in [-0.3, -0.25) is 4.98 Å². The third kappa shape index (κ3) is 3.87. The molecular formula is C17H21FN2. The van der Waals surface area contributed by atoms with E-state index in [1.807, 2.05) is 31.2 Å². The van der Waals surface area contributed by atoms with Gasteiger partial charge >= 0.3 is 0 Å². The van der Waals surface area contributed by atoms with Crippen LogP contribution in [0.2, 0.25) is 0 Å². The average molecular weight is 272 g/mol. The Bertz CT molecular complexity index is 540. The van der Waals surface area contributed by atoms with Gasteiger partial charge in [0.05, 0.1) is 0 Å². The lowest BCUT2D eigenvalue weighted by molar-refractivity contribution is 0.496. The van der Waals surface area contributed by atoms with Gasteiger partial charge in [0, 0.05) is 24.0 Å². The summed E-state index contributed by atoms with van der Waals surface area (Å²) in [5.74, 6) is -0.132. The summed E-state index contributed by atoms with van der Waals surface area (Å²) in [7, 11) is 0.